The molecule has 0 aliphatic heterocycles. The molecule has 0 heterocycles. The Bertz CT molecular complexity index is 205. The summed E-state index contributed by atoms with van der Waals surface area (Å²) < 4.78 is 0. The first-order valence-electron chi connectivity index (χ1n) is 7.06. The second-order valence-corrected chi connectivity index (χ2v) is 6.30. The number of likely N-dealkylation sites (N-methyl/N-ethyl adjacent to an activating group) is 1. The first kappa shape index (κ1) is 17.8. The summed E-state index contributed by atoms with van der Waals surface area (Å²) in [5.74, 6) is 0.683. The van der Waals surface area contributed by atoms with Crippen LogP contribution in [0.2, 0.25) is 0 Å². The predicted octanol–water partition coefficient (Wildman–Crippen LogP) is 0.996. The number of hydrogen-bond acceptors (Lipinski definition) is 4. The van der Waals surface area contributed by atoms with Gasteiger partial charge in [0.05, 0.1) is 5.60 Å². The van der Waals surface area contributed by atoms with Crippen LogP contribution in [0.1, 0.15) is 33.6 Å². The molecule has 0 aromatic carbocycles. The fraction of sp³-hybridized carbons (Fsp3) is 1.00. The predicted molar refractivity (Wildman–Crippen MR) is 78.7 cm³/mol. The van der Waals surface area contributed by atoms with Gasteiger partial charge in [0.2, 0.25) is 0 Å². The highest BCUT2D eigenvalue weighted by atomic mass is 16.3. The largest absolute Gasteiger partial charge is 0.389 e. The number of aliphatic hydroxyl groups is 1. The van der Waals surface area contributed by atoms with Crippen molar-refractivity contribution in [2.24, 2.45) is 11.7 Å². The Morgan fingerprint density at radius 3 is 2.22 bits per heavy atom. The van der Waals surface area contributed by atoms with E-state index in [-0.39, 0.29) is 0 Å². The molecule has 0 aromatic heterocycles. The Hall–Kier alpha value is -0.160. The van der Waals surface area contributed by atoms with Crippen molar-refractivity contribution in [3.8, 4) is 0 Å². The first-order chi connectivity index (χ1) is 8.26. The van der Waals surface area contributed by atoms with Crippen LogP contribution in [0.15, 0.2) is 0 Å². The van der Waals surface area contributed by atoms with Crippen molar-refractivity contribution in [1.29, 1.82) is 0 Å². The van der Waals surface area contributed by atoms with E-state index in [4.69, 9.17) is 5.73 Å². The fourth-order valence-electron chi connectivity index (χ4n) is 1.94. The third-order valence-corrected chi connectivity index (χ3v) is 3.12. The smallest absolute Gasteiger partial charge is 0.0741 e. The fourth-order valence-corrected chi connectivity index (χ4v) is 1.94. The van der Waals surface area contributed by atoms with Gasteiger partial charge in [-0.3, -0.25) is 0 Å². The minimum absolute atomic E-state index is 0.342. The molecule has 0 aliphatic carbocycles. The zero-order valence-corrected chi connectivity index (χ0v) is 12.9. The molecular formula is C14H33N3O. The Morgan fingerprint density at radius 2 is 1.78 bits per heavy atom. The molecule has 1 atom stereocenters. The van der Waals surface area contributed by atoms with Gasteiger partial charge in [0, 0.05) is 26.2 Å². The summed E-state index contributed by atoms with van der Waals surface area (Å²) >= 11 is 0. The van der Waals surface area contributed by atoms with Crippen LogP contribution in [0.3, 0.4) is 0 Å². The summed E-state index contributed by atoms with van der Waals surface area (Å²) in [6, 6.07) is 0. The average Bonchev–Trinajstić information content (AvgIpc) is 2.24. The highest BCUT2D eigenvalue weighted by Gasteiger charge is 2.18. The van der Waals surface area contributed by atoms with Gasteiger partial charge in [-0.1, -0.05) is 13.8 Å². The molecule has 110 valence electrons. The van der Waals surface area contributed by atoms with Gasteiger partial charge < -0.3 is 20.6 Å². The normalized spacial score (nSPS) is 15.7. The van der Waals surface area contributed by atoms with Gasteiger partial charge in [0.15, 0.2) is 0 Å². The van der Waals surface area contributed by atoms with E-state index >= 15 is 0 Å². The minimum Gasteiger partial charge on any atom is -0.389 e. The third kappa shape index (κ3) is 9.83. The molecule has 0 radical (unpaired) electrons. The third-order valence-electron chi connectivity index (χ3n) is 3.12. The SMILES string of the molecule is CC(C)CN(CCCC(C)(O)CN)CCN(C)C. The molecule has 0 aromatic rings. The topological polar surface area (TPSA) is 52.7 Å². The lowest BCUT2D eigenvalue weighted by Crippen LogP contribution is -2.38. The van der Waals surface area contributed by atoms with Crippen molar-refractivity contribution in [2.45, 2.75) is 39.2 Å². The molecule has 0 bridgehead atoms. The lowest BCUT2D eigenvalue weighted by atomic mass is 10.0. The van der Waals surface area contributed by atoms with Gasteiger partial charge in [0.25, 0.3) is 0 Å². The highest BCUT2D eigenvalue weighted by molar-refractivity contribution is 4.74. The van der Waals surface area contributed by atoms with E-state index < -0.39 is 5.60 Å². The van der Waals surface area contributed by atoms with E-state index in [9.17, 15) is 5.11 Å². The number of hydrogen-bond donors (Lipinski definition) is 2. The minimum atomic E-state index is -0.703. The zero-order valence-electron chi connectivity index (χ0n) is 12.9. The lowest BCUT2D eigenvalue weighted by molar-refractivity contribution is 0.0537. The van der Waals surface area contributed by atoms with Crippen LogP contribution in [-0.2, 0) is 0 Å². The van der Waals surface area contributed by atoms with Crippen LogP contribution < -0.4 is 5.73 Å². The maximum absolute atomic E-state index is 9.88. The van der Waals surface area contributed by atoms with Crippen molar-refractivity contribution >= 4 is 0 Å². The van der Waals surface area contributed by atoms with Gasteiger partial charge in [-0.2, -0.15) is 0 Å². The van der Waals surface area contributed by atoms with Gasteiger partial charge in [0.1, 0.15) is 0 Å². The van der Waals surface area contributed by atoms with Crippen molar-refractivity contribution in [2.75, 3.05) is 46.8 Å². The number of rotatable bonds is 10. The molecule has 0 saturated heterocycles. The molecule has 1 unspecified atom stereocenters. The standard InChI is InChI=1S/C14H33N3O/c1-13(2)11-17(10-9-16(4)5)8-6-7-14(3,18)12-15/h13,18H,6-12,15H2,1-5H3. The molecule has 0 aliphatic rings. The van der Waals surface area contributed by atoms with Gasteiger partial charge in [-0.05, 0) is 46.3 Å². The molecule has 0 rings (SSSR count). The second kappa shape index (κ2) is 8.86. The second-order valence-electron chi connectivity index (χ2n) is 6.30. The molecular weight excluding hydrogens is 226 g/mol. The summed E-state index contributed by atoms with van der Waals surface area (Å²) in [4.78, 5) is 4.70. The van der Waals surface area contributed by atoms with Crippen LogP contribution in [0.25, 0.3) is 0 Å². The quantitative estimate of drug-likeness (QED) is 0.614. The van der Waals surface area contributed by atoms with E-state index in [0.29, 0.717) is 12.5 Å². The van der Waals surface area contributed by atoms with E-state index in [2.05, 4.69) is 37.7 Å². The van der Waals surface area contributed by atoms with Crippen molar-refractivity contribution in [3.05, 3.63) is 0 Å². The summed E-state index contributed by atoms with van der Waals surface area (Å²) in [5.41, 5.74) is 4.83. The first-order valence-corrected chi connectivity index (χ1v) is 7.06. The van der Waals surface area contributed by atoms with Crippen molar-refractivity contribution in [3.63, 3.8) is 0 Å². The van der Waals surface area contributed by atoms with Crippen molar-refractivity contribution in [1.82, 2.24) is 9.80 Å². The molecule has 3 N–H and O–H groups in total. The van der Waals surface area contributed by atoms with E-state index in [1.54, 1.807) is 0 Å². The molecule has 18 heavy (non-hydrogen) atoms. The summed E-state index contributed by atoms with van der Waals surface area (Å²) in [6.45, 7) is 11.0. The molecule has 0 fully saturated rings. The van der Waals surface area contributed by atoms with Crippen LogP contribution in [0.4, 0.5) is 0 Å². The molecule has 4 nitrogen and oxygen atoms in total. The van der Waals surface area contributed by atoms with Crippen LogP contribution >= 0.6 is 0 Å². The summed E-state index contributed by atoms with van der Waals surface area (Å²) in [5, 5.41) is 9.88. The Balaban J connectivity index is 4.00. The van der Waals surface area contributed by atoms with Crippen LogP contribution in [0.5, 0.6) is 0 Å². The molecule has 0 amide bonds. The van der Waals surface area contributed by atoms with Gasteiger partial charge in [-0.15, -0.1) is 0 Å². The maximum Gasteiger partial charge on any atom is 0.0741 e. The zero-order chi connectivity index (χ0) is 14.2. The molecule has 0 spiro atoms. The highest BCUT2D eigenvalue weighted by Crippen LogP contribution is 2.11. The van der Waals surface area contributed by atoms with Gasteiger partial charge in [-0.25, -0.2) is 0 Å². The van der Waals surface area contributed by atoms with Crippen LogP contribution in [-0.4, -0.2) is 67.3 Å². The van der Waals surface area contributed by atoms with E-state index in [1.807, 2.05) is 6.92 Å². The summed E-state index contributed by atoms with van der Waals surface area (Å²) in [6.07, 6.45) is 1.78. The maximum atomic E-state index is 9.88. The van der Waals surface area contributed by atoms with E-state index in [0.717, 1.165) is 39.0 Å². The Labute approximate surface area is 113 Å². The average molecular weight is 259 g/mol. The number of nitrogens with two attached hydrogens (primary N) is 1. The van der Waals surface area contributed by atoms with Gasteiger partial charge >= 0.3 is 0 Å². The lowest BCUT2D eigenvalue weighted by Gasteiger charge is -2.27. The Morgan fingerprint density at radius 1 is 1.17 bits per heavy atom. The van der Waals surface area contributed by atoms with Crippen LogP contribution in [0, 0.1) is 5.92 Å². The molecule has 4 heteroatoms. The van der Waals surface area contributed by atoms with Crippen molar-refractivity contribution < 1.29 is 5.11 Å². The molecule has 0 saturated carbocycles. The Kier molecular flexibility index (Phi) is 8.78. The summed E-state index contributed by atoms with van der Waals surface area (Å²) in [7, 11) is 4.21. The number of nitrogens with zero attached hydrogens (tertiary/aromatic N) is 2. The monoisotopic (exact) mass is 259 g/mol. The van der Waals surface area contributed by atoms with E-state index in [1.165, 1.54) is 0 Å².